The van der Waals surface area contributed by atoms with Crippen molar-refractivity contribution in [2.45, 2.75) is 83.7 Å². The largest absolute Gasteiger partial charge is 0.369 e. The molecule has 1 atom stereocenters. The van der Waals surface area contributed by atoms with Crippen LogP contribution in [-0.2, 0) is 9.59 Å². The molecule has 0 spiro atoms. The third-order valence-electron chi connectivity index (χ3n) is 10.3. The molecule has 1 aromatic heterocycles. The summed E-state index contributed by atoms with van der Waals surface area (Å²) in [6, 6.07) is 2.43. The Morgan fingerprint density at radius 1 is 0.881 bits per heavy atom. The van der Waals surface area contributed by atoms with E-state index in [2.05, 4.69) is 20.4 Å². The van der Waals surface area contributed by atoms with Gasteiger partial charge in [-0.15, -0.1) is 0 Å². The number of piperidine rings is 4. The van der Waals surface area contributed by atoms with Crippen LogP contribution in [0.3, 0.4) is 0 Å². The number of imide groups is 1. The zero-order valence-electron chi connectivity index (χ0n) is 25.2. The predicted octanol–water partition coefficient (Wildman–Crippen LogP) is 3.82. The van der Waals surface area contributed by atoms with Gasteiger partial charge in [0.2, 0.25) is 11.8 Å². The minimum atomic E-state index is -0.826. The van der Waals surface area contributed by atoms with Crippen LogP contribution in [0.25, 0.3) is 11.0 Å². The van der Waals surface area contributed by atoms with E-state index in [1.54, 1.807) is 12.1 Å². The van der Waals surface area contributed by atoms with Gasteiger partial charge >= 0.3 is 5.69 Å². The molecule has 6 rings (SSSR count). The van der Waals surface area contributed by atoms with Gasteiger partial charge in [-0.05, 0) is 121 Å². The van der Waals surface area contributed by atoms with Crippen LogP contribution in [0.5, 0.6) is 0 Å². The quantitative estimate of drug-likeness (QED) is 0.483. The first kappa shape index (κ1) is 29.4. The summed E-state index contributed by atoms with van der Waals surface area (Å²) in [7, 11) is 0. The number of benzene rings is 1. The van der Waals surface area contributed by atoms with E-state index in [0.29, 0.717) is 17.1 Å². The number of fused-ring (bicyclic) bond motifs is 1. The van der Waals surface area contributed by atoms with Crippen molar-refractivity contribution in [1.82, 2.24) is 24.7 Å². The van der Waals surface area contributed by atoms with Gasteiger partial charge in [-0.3, -0.25) is 24.0 Å². The maximum atomic E-state index is 16.3. The third-order valence-corrected chi connectivity index (χ3v) is 10.3. The summed E-state index contributed by atoms with van der Waals surface area (Å²) < 4.78 is 19.1. The van der Waals surface area contributed by atoms with Crippen molar-refractivity contribution in [3.05, 3.63) is 28.4 Å². The summed E-state index contributed by atoms with van der Waals surface area (Å²) in [6.45, 7) is 11.2. The molecule has 1 aromatic carbocycles. The Morgan fingerprint density at radius 2 is 1.55 bits per heavy atom. The molecule has 10 heteroatoms. The fourth-order valence-corrected chi connectivity index (χ4v) is 7.95. The fraction of sp³-hybridized carbons (Fsp3) is 0.719. The van der Waals surface area contributed by atoms with E-state index in [1.165, 1.54) is 67.4 Å². The molecule has 4 aliphatic heterocycles. The normalized spacial score (nSPS) is 24.2. The molecular weight excluding hydrogens is 535 g/mol. The lowest BCUT2D eigenvalue weighted by atomic mass is 9.83. The Balaban J connectivity index is 1.10. The van der Waals surface area contributed by atoms with Crippen molar-refractivity contribution < 1.29 is 14.0 Å². The third kappa shape index (κ3) is 5.89. The average Bonchev–Trinajstić information content (AvgIpc) is 3.28. The minimum Gasteiger partial charge on any atom is -0.369 e. The van der Waals surface area contributed by atoms with Crippen molar-refractivity contribution >= 4 is 28.5 Å². The highest BCUT2D eigenvalue weighted by atomic mass is 19.1. The maximum Gasteiger partial charge on any atom is 0.330 e. The Bertz CT molecular complexity index is 1350. The summed E-state index contributed by atoms with van der Waals surface area (Å²) >= 11 is 0. The molecule has 4 fully saturated rings. The molecule has 42 heavy (non-hydrogen) atoms. The van der Waals surface area contributed by atoms with E-state index in [1.807, 2.05) is 13.8 Å². The van der Waals surface area contributed by atoms with Crippen LogP contribution in [0.2, 0.25) is 0 Å². The van der Waals surface area contributed by atoms with E-state index < -0.39 is 23.5 Å². The number of imidazole rings is 1. The van der Waals surface area contributed by atoms with E-state index in [0.717, 1.165) is 44.3 Å². The standard InChI is InChI=1S/C32H47FN6O3/c1-21(2)38-30-26(39(32(38)42)27-5-6-28(40)35-31(27)41)4-3-25(29(30)33)37-17-11-24(12-18-37)20-36-15-9-23(10-16-36)19-22-7-13-34-14-8-22/h3-4,21-24,27,34H,5-20H2,1-2H3,(H,35,40,41). The second-order valence-electron chi connectivity index (χ2n) is 13.5. The summed E-state index contributed by atoms with van der Waals surface area (Å²) in [4.78, 5) is 42.6. The molecule has 2 amide bonds. The lowest BCUT2D eigenvalue weighted by molar-refractivity contribution is -0.135. The molecule has 1 unspecified atom stereocenters. The number of aromatic nitrogens is 2. The number of carbonyl (C=O) groups excluding carboxylic acids is 2. The number of carbonyl (C=O) groups is 2. The highest BCUT2D eigenvalue weighted by molar-refractivity contribution is 6.00. The first-order chi connectivity index (χ1) is 20.3. The van der Waals surface area contributed by atoms with Crippen LogP contribution in [0.4, 0.5) is 10.1 Å². The van der Waals surface area contributed by atoms with Crippen molar-refractivity contribution in [3.8, 4) is 0 Å². The second-order valence-corrected chi connectivity index (χ2v) is 13.5. The molecule has 9 nitrogen and oxygen atoms in total. The molecule has 5 heterocycles. The number of rotatable bonds is 7. The molecule has 2 N–H and O–H groups in total. The predicted molar refractivity (Wildman–Crippen MR) is 162 cm³/mol. The lowest BCUT2D eigenvalue weighted by Gasteiger charge is -2.39. The molecule has 4 saturated heterocycles. The van der Waals surface area contributed by atoms with E-state index >= 15 is 4.39 Å². The Hall–Kier alpha value is -2.72. The number of hydrogen-bond acceptors (Lipinski definition) is 6. The Morgan fingerprint density at radius 3 is 2.21 bits per heavy atom. The maximum absolute atomic E-state index is 16.3. The van der Waals surface area contributed by atoms with E-state index in [4.69, 9.17) is 0 Å². The van der Waals surface area contributed by atoms with Gasteiger partial charge in [0.15, 0.2) is 5.82 Å². The van der Waals surface area contributed by atoms with Crippen molar-refractivity contribution in [3.63, 3.8) is 0 Å². The van der Waals surface area contributed by atoms with Gasteiger partial charge in [-0.1, -0.05) is 0 Å². The van der Waals surface area contributed by atoms with Crippen molar-refractivity contribution in [1.29, 1.82) is 0 Å². The first-order valence-electron chi connectivity index (χ1n) is 16.3. The van der Waals surface area contributed by atoms with Gasteiger partial charge in [0.25, 0.3) is 0 Å². The molecule has 230 valence electrons. The zero-order valence-corrected chi connectivity index (χ0v) is 25.2. The summed E-state index contributed by atoms with van der Waals surface area (Å²) in [5, 5.41) is 5.82. The van der Waals surface area contributed by atoms with Gasteiger partial charge < -0.3 is 15.1 Å². The average molecular weight is 583 g/mol. The highest BCUT2D eigenvalue weighted by Crippen LogP contribution is 2.34. The van der Waals surface area contributed by atoms with E-state index in [-0.39, 0.29) is 30.3 Å². The molecule has 4 aliphatic rings. The SMILES string of the molecule is CC(C)n1c(=O)n(C2CCC(=O)NC2=O)c2ccc(N3CCC(CN4CCC(CC5CCNCC5)CC4)CC3)c(F)c21. The van der Waals surface area contributed by atoms with Gasteiger partial charge in [-0.25, -0.2) is 9.18 Å². The summed E-state index contributed by atoms with van der Waals surface area (Å²) in [6.07, 6.45) is 9.18. The summed E-state index contributed by atoms with van der Waals surface area (Å²) in [5.74, 6) is 1.17. The van der Waals surface area contributed by atoms with Crippen LogP contribution in [0.15, 0.2) is 16.9 Å². The van der Waals surface area contributed by atoms with E-state index in [9.17, 15) is 14.4 Å². The van der Waals surface area contributed by atoms with Gasteiger partial charge in [0.05, 0.1) is 11.2 Å². The molecular formula is C32H47FN6O3. The summed E-state index contributed by atoms with van der Waals surface area (Å²) in [5.41, 5.74) is 0.757. The molecule has 0 radical (unpaired) electrons. The Kier molecular flexibility index (Phi) is 8.73. The van der Waals surface area contributed by atoms with Crippen LogP contribution in [0.1, 0.15) is 83.7 Å². The van der Waals surface area contributed by atoms with Crippen LogP contribution >= 0.6 is 0 Å². The molecule has 0 aliphatic carbocycles. The number of halogens is 1. The minimum absolute atomic E-state index is 0.156. The van der Waals surface area contributed by atoms with Crippen molar-refractivity contribution in [2.24, 2.45) is 17.8 Å². The number of amides is 2. The Labute approximate surface area is 247 Å². The zero-order chi connectivity index (χ0) is 29.4. The smallest absolute Gasteiger partial charge is 0.330 e. The number of likely N-dealkylation sites (tertiary alicyclic amines) is 1. The lowest BCUT2D eigenvalue weighted by Crippen LogP contribution is -2.44. The van der Waals surface area contributed by atoms with Crippen LogP contribution in [0, 0.1) is 23.6 Å². The fourth-order valence-electron chi connectivity index (χ4n) is 7.95. The molecule has 0 saturated carbocycles. The monoisotopic (exact) mass is 582 g/mol. The molecule has 0 bridgehead atoms. The van der Waals surface area contributed by atoms with Crippen LogP contribution < -0.4 is 21.2 Å². The first-order valence-corrected chi connectivity index (χ1v) is 16.3. The highest BCUT2D eigenvalue weighted by Gasteiger charge is 2.34. The number of hydrogen-bond donors (Lipinski definition) is 2. The van der Waals surface area contributed by atoms with Gasteiger partial charge in [0, 0.05) is 32.1 Å². The molecule has 2 aromatic rings. The van der Waals surface area contributed by atoms with Gasteiger partial charge in [-0.2, -0.15) is 0 Å². The van der Waals surface area contributed by atoms with Crippen molar-refractivity contribution in [2.75, 3.05) is 50.7 Å². The van der Waals surface area contributed by atoms with Crippen LogP contribution in [-0.4, -0.2) is 71.7 Å². The number of nitrogens with one attached hydrogen (secondary N) is 2. The number of anilines is 1. The van der Waals surface area contributed by atoms with Gasteiger partial charge in [0.1, 0.15) is 11.6 Å². The topological polar surface area (TPSA) is 91.6 Å². The number of nitrogens with zero attached hydrogens (tertiary/aromatic N) is 4. The second kappa shape index (κ2) is 12.5.